The standard InChI is InChI=1S/C19H19N3O5S/c1-10-9-28-19-20-12(7-15(23)21(10)19)8-27-18(26)11(2)22-16(24)13-5-3-4-6-14(13)17(22)25/h3-4,7,9,11,13-14H,5-6,8H2,1-2H3/t11-,13-,14+/m0/s1. The summed E-state index contributed by atoms with van der Waals surface area (Å²) in [7, 11) is 0. The van der Waals surface area contributed by atoms with Gasteiger partial charge in [-0.15, -0.1) is 11.3 Å². The number of fused-ring (bicyclic) bond motifs is 2. The average Bonchev–Trinajstić information content (AvgIpc) is 3.18. The van der Waals surface area contributed by atoms with Crippen LogP contribution in [0.2, 0.25) is 0 Å². The first-order valence-electron chi connectivity index (χ1n) is 9.04. The second-order valence-electron chi connectivity index (χ2n) is 7.07. The van der Waals surface area contributed by atoms with Gasteiger partial charge in [-0.05, 0) is 26.7 Å². The van der Waals surface area contributed by atoms with Gasteiger partial charge < -0.3 is 4.74 Å². The van der Waals surface area contributed by atoms with Crippen molar-refractivity contribution >= 4 is 34.1 Å². The molecule has 0 spiro atoms. The van der Waals surface area contributed by atoms with E-state index in [0.717, 1.165) is 10.6 Å². The van der Waals surface area contributed by atoms with Crippen molar-refractivity contribution in [1.82, 2.24) is 14.3 Å². The highest BCUT2D eigenvalue weighted by molar-refractivity contribution is 7.15. The highest BCUT2D eigenvalue weighted by Crippen LogP contribution is 2.36. The van der Waals surface area contributed by atoms with E-state index >= 15 is 0 Å². The molecule has 0 bridgehead atoms. The zero-order valence-corrected chi connectivity index (χ0v) is 16.3. The number of hydrogen-bond donors (Lipinski definition) is 0. The Morgan fingerprint density at radius 1 is 1.25 bits per heavy atom. The van der Waals surface area contributed by atoms with E-state index < -0.39 is 12.0 Å². The quantitative estimate of drug-likeness (QED) is 0.437. The monoisotopic (exact) mass is 401 g/mol. The average molecular weight is 401 g/mol. The van der Waals surface area contributed by atoms with Gasteiger partial charge in [-0.25, -0.2) is 9.78 Å². The summed E-state index contributed by atoms with van der Waals surface area (Å²) >= 11 is 1.32. The van der Waals surface area contributed by atoms with Crippen LogP contribution in [0.3, 0.4) is 0 Å². The number of likely N-dealkylation sites (tertiary alicyclic amines) is 1. The summed E-state index contributed by atoms with van der Waals surface area (Å²) < 4.78 is 6.74. The van der Waals surface area contributed by atoms with Crippen LogP contribution in [0.1, 0.15) is 31.2 Å². The Morgan fingerprint density at radius 3 is 2.54 bits per heavy atom. The van der Waals surface area contributed by atoms with E-state index in [1.807, 2.05) is 24.5 Å². The number of carbonyl (C=O) groups excluding carboxylic acids is 3. The zero-order valence-electron chi connectivity index (χ0n) is 15.5. The van der Waals surface area contributed by atoms with Gasteiger partial charge >= 0.3 is 5.97 Å². The lowest BCUT2D eigenvalue weighted by molar-refractivity contribution is -0.159. The summed E-state index contributed by atoms with van der Waals surface area (Å²) in [5, 5.41) is 1.82. The summed E-state index contributed by atoms with van der Waals surface area (Å²) in [4.78, 5) is 55.7. The Morgan fingerprint density at radius 2 is 1.89 bits per heavy atom. The molecule has 146 valence electrons. The van der Waals surface area contributed by atoms with Gasteiger partial charge in [-0.3, -0.25) is 23.7 Å². The fourth-order valence-electron chi connectivity index (χ4n) is 3.75. The van der Waals surface area contributed by atoms with E-state index in [1.165, 1.54) is 28.7 Å². The van der Waals surface area contributed by atoms with Crippen LogP contribution >= 0.6 is 11.3 Å². The van der Waals surface area contributed by atoms with Crippen LogP contribution < -0.4 is 5.56 Å². The van der Waals surface area contributed by atoms with Crippen LogP contribution in [0.5, 0.6) is 0 Å². The van der Waals surface area contributed by atoms with E-state index in [1.54, 1.807) is 0 Å². The maximum atomic E-state index is 12.6. The number of hydrogen-bond acceptors (Lipinski definition) is 7. The summed E-state index contributed by atoms with van der Waals surface area (Å²) in [6.07, 6.45) is 4.82. The largest absolute Gasteiger partial charge is 0.458 e. The fourth-order valence-corrected chi connectivity index (χ4v) is 4.64. The van der Waals surface area contributed by atoms with Gasteiger partial charge in [0.2, 0.25) is 11.8 Å². The first kappa shape index (κ1) is 18.5. The number of imide groups is 1. The fraction of sp³-hybridized carbons (Fsp3) is 0.421. The number of amides is 2. The summed E-state index contributed by atoms with van der Waals surface area (Å²) in [6, 6.07) is 0.302. The third-order valence-corrected chi connectivity index (χ3v) is 6.20. The molecule has 2 aromatic heterocycles. The molecular formula is C19H19N3O5S. The van der Waals surface area contributed by atoms with Crippen molar-refractivity contribution in [3.05, 3.63) is 45.3 Å². The van der Waals surface area contributed by atoms with Crippen molar-refractivity contribution in [1.29, 1.82) is 0 Å². The topological polar surface area (TPSA) is 98.0 Å². The Hall–Kier alpha value is -2.81. The summed E-state index contributed by atoms with van der Waals surface area (Å²) in [5.74, 6) is -2.12. The summed E-state index contributed by atoms with van der Waals surface area (Å²) in [5.41, 5.74) is 0.866. The molecule has 8 nitrogen and oxygen atoms in total. The molecule has 1 aliphatic heterocycles. The smallest absolute Gasteiger partial charge is 0.329 e. The highest BCUT2D eigenvalue weighted by atomic mass is 32.1. The minimum Gasteiger partial charge on any atom is -0.458 e. The van der Waals surface area contributed by atoms with E-state index in [2.05, 4.69) is 4.98 Å². The first-order valence-corrected chi connectivity index (χ1v) is 9.91. The Labute approximate surface area is 164 Å². The van der Waals surface area contributed by atoms with Crippen LogP contribution in [0.15, 0.2) is 28.4 Å². The number of rotatable bonds is 4. The first-order chi connectivity index (χ1) is 13.4. The molecule has 4 rings (SSSR count). The lowest BCUT2D eigenvalue weighted by Gasteiger charge is -2.21. The minimum atomic E-state index is -1.01. The number of carbonyl (C=O) groups is 3. The van der Waals surface area contributed by atoms with Gasteiger partial charge in [0, 0.05) is 17.1 Å². The SMILES string of the molecule is Cc1csc2nc(COC(=O)[C@H](C)N3C(=O)[C@H]4CC=CC[C@H]4C3=O)cc(=O)n12. The normalized spacial score (nSPS) is 22.6. The number of allylic oxidation sites excluding steroid dienone is 2. The predicted molar refractivity (Wildman–Crippen MR) is 101 cm³/mol. The molecule has 2 aromatic rings. The van der Waals surface area contributed by atoms with E-state index in [0.29, 0.717) is 23.5 Å². The Balaban J connectivity index is 1.46. The molecule has 1 aliphatic carbocycles. The van der Waals surface area contributed by atoms with Gasteiger partial charge in [0.25, 0.3) is 5.56 Å². The minimum absolute atomic E-state index is 0.198. The molecule has 0 N–H and O–H groups in total. The molecule has 1 fully saturated rings. The molecular weight excluding hydrogens is 382 g/mol. The summed E-state index contributed by atoms with van der Waals surface area (Å²) in [6.45, 7) is 3.10. The van der Waals surface area contributed by atoms with Gasteiger partial charge in [0.15, 0.2) is 4.96 Å². The van der Waals surface area contributed by atoms with Crippen molar-refractivity contribution in [2.75, 3.05) is 0 Å². The number of nitrogens with zero attached hydrogens (tertiary/aromatic N) is 3. The third kappa shape index (κ3) is 2.95. The van der Waals surface area contributed by atoms with Gasteiger partial charge in [0.05, 0.1) is 17.5 Å². The maximum absolute atomic E-state index is 12.6. The molecule has 0 unspecified atom stereocenters. The predicted octanol–water partition coefficient (Wildman–Crippen LogP) is 1.45. The van der Waals surface area contributed by atoms with E-state index in [4.69, 9.17) is 4.74 Å². The third-order valence-electron chi connectivity index (χ3n) is 5.26. The van der Waals surface area contributed by atoms with Gasteiger partial charge in [-0.1, -0.05) is 12.2 Å². The number of ether oxygens (including phenoxy) is 1. The molecule has 0 saturated carbocycles. The highest BCUT2D eigenvalue weighted by Gasteiger charge is 2.50. The molecule has 3 heterocycles. The van der Waals surface area contributed by atoms with Gasteiger partial charge in [0.1, 0.15) is 12.6 Å². The molecule has 9 heteroatoms. The van der Waals surface area contributed by atoms with Crippen LogP contribution in [0, 0.1) is 18.8 Å². The lowest BCUT2D eigenvalue weighted by atomic mass is 9.85. The number of aryl methyl sites for hydroxylation is 1. The van der Waals surface area contributed by atoms with E-state index in [-0.39, 0.29) is 35.8 Å². The zero-order chi connectivity index (χ0) is 20.0. The van der Waals surface area contributed by atoms with Crippen molar-refractivity contribution in [3.63, 3.8) is 0 Å². The molecule has 1 saturated heterocycles. The number of aromatic nitrogens is 2. The molecule has 0 radical (unpaired) electrons. The molecule has 2 aliphatic rings. The van der Waals surface area contributed by atoms with Crippen LogP contribution in [0.25, 0.3) is 4.96 Å². The number of thiazole rings is 1. The Bertz CT molecular complexity index is 1040. The van der Waals surface area contributed by atoms with Crippen LogP contribution in [-0.2, 0) is 25.7 Å². The van der Waals surface area contributed by atoms with E-state index in [9.17, 15) is 19.2 Å². The maximum Gasteiger partial charge on any atom is 0.329 e. The van der Waals surface area contributed by atoms with Crippen LogP contribution in [-0.4, -0.2) is 38.1 Å². The second-order valence-corrected chi connectivity index (χ2v) is 7.90. The second kappa shape index (κ2) is 6.97. The van der Waals surface area contributed by atoms with Crippen LogP contribution in [0.4, 0.5) is 0 Å². The van der Waals surface area contributed by atoms with Gasteiger partial charge in [-0.2, -0.15) is 0 Å². The molecule has 0 aromatic carbocycles. The van der Waals surface area contributed by atoms with Crippen molar-refractivity contribution in [2.24, 2.45) is 11.8 Å². The van der Waals surface area contributed by atoms with Crippen molar-refractivity contribution in [2.45, 2.75) is 39.3 Å². The Kier molecular flexibility index (Phi) is 4.62. The molecule has 2 amide bonds. The number of esters is 1. The lowest BCUT2D eigenvalue weighted by Crippen LogP contribution is -2.44. The van der Waals surface area contributed by atoms with Crippen molar-refractivity contribution in [3.8, 4) is 0 Å². The van der Waals surface area contributed by atoms with Crippen molar-refractivity contribution < 1.29 is 19.1 Å². The molecule has 3 atom stereocenters. The molecule has 28 heavy (non-hydrogen) atoms.